The smallest absolute Gasteiger partial charge is 0.308 e. The molecule has 0 heterocycles. The van der Waals surface area contributed by atoms with Crippen LogP contribution in [0.1, 0.15) is 18.1 Å². The summed E-state index contributed by atoms with van der Waals surface area (Å²) in [6, 6.07) is 11.3. The number of aromatic hydroxyl groups is 1. The maximum atomic E-state index is 11.0. The van der Waals surface area contributed by atoms with Crippen LogP contribution < -0.4 is 4.74 Å². The molecule has 0 fully saturated rings. The minimum absolute atomic E-state index is 0.180. The van der Waals surface area contributed by atoms with E-state index in [-0.39, 0.29) is 17.2 Å². The SMILES string of the molecule is CC(=O)Oc1cc(/C=C/c2ccc(O)cc2)cc(N=O)c1. The number of benzene rings is 2. The van der Waals surface area contributed by atoms with Gasteiger partial charge in [0.25, 0.3) is 0 Å². The van der Waals surface area contributed by atoms with E-state index in [9.17, 15) is 14.8 Å². The third-order valence-electron chi connectivity index (χ3n) is 2.64. The summed E-state index contributed by atoms with van der Waals surface area (Å²) < 4.78 is 4.96. The van der Waals surface area contributed by atoms with Gasteiger partial charge >= 0.3 is 5.97 Å². The largest absolute Gasteiger partial charge is 0.508 e. The van der Waals surface area contributed by atoms with Gasteiger partial charge in [0.15, 0.2) is 0 Å². The summed E-state index contributed by atoms with van der Waals surface area (Å²) >= 11 is 0. The van der Waals surface area contributed by atoms with Gasteiger partial charge in [-0.25, -0.2) is 0 Å². The lowest BCUT2D eigenvalue weighted by atomic mass is 10.1. The minimum atomic E-state index is -0.466. The van der Waals surface area contributed by atoms with Crippen molar-refractivity contribution >= 4 is 23.8 Å². The topological polar surface area (TPSA) is 76.0 Å². The maximum Gasteiger partial charge on any atom is 0.308 e. The third kappa shape index (κ3) is 4.28. The Kier molecular flexibility index (Phi) is 4.46. The number of phenols is 1. The van der Waals surface area contributed by atoms with Crippen molar-refractivity contribution < 1.29 is 14.6 Å². The number of ether oxygens (including phenoxy) is 1. The molecule has 0 unspecified atom stereocenters. The van der Waals surface area contributed by atoms with Crippen molar-refractivity contribution in [2.24, 2.45) is 5.18 Å². The first kappa shape index (κ1) is 14.5. The lowest BCUT2D eigenvalue weighted by Crippen LogP contribution is -2.01. The second-order valence-electron chi connectivity index (χ2n) is 4.37. The lowest BCUT2D eigenvalue weighted by molar-refractivity contribution is -0.131. The molecule has 0 aliphatic heterocycles. The van der Waals surface area contributed by atoms with E-state index < -0.39 is 5.97 Å². The molecule has 0 atom stereocenters. The second-order valence-corrected chi connectivity index (χ2v) is 4.37. The number of hydrogen-bond donors (Lipinski definition) is 1. The van der Waals surface area contributed by atoms with Crippen LogP contribution in [0.15, 0.2) is 47.6 Å². The lowest BCUT2D eigenvalue weighted by Gasteiger charge is -2.03. The van der Waals surface area contributed by atoms with Crippen molar-refractivity contribution in [2.75, 3.05) is 0 Å². The Morgan fingerprint density at radius 3 is 2.38 bits per heavy atom. The first-order valence-electron chi connectivity index (χ1n) is 6.21. The highest BCUT2D eigenvalue weighted by atomic mass is 16.5. The molecule has 0 aromatic heterocycles. The molecule has 0 radical (unpaired) electrons. The number of rotatable bonds is 4. The number of nitrogens with zero attached hydrogens (tertiary/aromatic N) is 1. The van der Waals surface area contributed by atoms with E-state index >= 15 is 0 Å². The molecular weight excluding hydrogens is 270 g/mol. The minimum Gasteiger partial charge on any atom is -0.508 e. The molecule has 0 amide bonds. The van der Waals surface area contributed by atoms with Gasteiger partial charge in [0.2, 0.25) is 0 Å². The molecule has 21 heavy (non-hydrogen) atoms. The molecule has 5 nitrogen and oxygen atoms in total. The van der Waals surface area contributed by atoms with Crippen LogP contribution in [0.25, 0.3) is 12.2 Å². The summed E-state index contributed by atoms with van der Waals surface area (Å²) in [6.07, 6.45) is 3.56. The van der Waals surface area contributed by atoms with Gasteiger partial charge in [0.1, 0.15) is 17.2 Å². The number of phenolic OH excluding ortho intramolecular Hbond substituents is 1. The zero-order valence-corrected chi connectivity index (χ0v) is 11.3. The van der Waals surface area contributed by atoms with E-state index in [0.717, 1.165) is 5.56 Å². The van der Waals surface area contributed by atoms with Crippen LogP contribution in [0.5, 0.6) is 11.5 Å². The predicted octanol–water partition coefficient (Wildman–Crippen LogP) is 3.89. The summed E-state index contributed by atoms with van der Waals surface area (Å²) in [4.78, 5) is 21.6. The van der Waals surface area contributed by atoms with E-state index in [4.69, 9.17) is 4.74 Å². The van der Waals surface area contributed by atoms with Crippen molar-refractivity contribution in [1.82, 2.24) is 0 Å². The average molecular weight is 283 g/mol. The second kappa shape index (κ2) is 6.47. The maximum absolute atomic E-state index is 11.0. The molecule has 5 heteroatoms. The number of carbonyl (C=O) groups is 1. The summed E-state index contributed by atoms with van der Waals surface area (Å²) in [6.45, 7) is 1.28. The van der Waals surface area contributed by atoms with Gasteiger partial charge in [-0.3, -0.25) is 4.79 Å². The molecule has 0 spiro atoms. The quantitative estimate of drug-likeness (QED) is 0.400. The van der Waals surface area contributed by atoms with E-state index in [1.165, 1.54) is 13.0 Å². The summed E-state index contributed by atoms with van der Waals surface area (Å²) in [7, 11) is 0. The molecule has 0 saturated heterocycles. The zero-order chi connectivity index (χ0) is 15.2. The number of esters is 1. The summed E-state index contributed by atoms with van der Waals surface area (Å²) in [5, 5.41) is 12.1. The van der Waals surface area contributed by atoms with Crippen LogP contribution >= 0.6 is 0 Å². The van der Waals surface area contributed by atoms with Crippen LogP contribution in [0.2, 0.25) is 0 Å². The first-order valence-corrected chi connectivity index (χ1v) is 6.21. The molecule has 0 aliphatic rings. The van der Waals surface area contributed by atoms with E-state index in [2.05, 4.69) is 5.18 Å². The van der Waals surface area contributed by atoms with Crippen LogP contribution in [0, 0.1) is 4.91 Å². The Morgan fingerprint density at radius 2 is 1.76 bits per heavy atom. The highest BCUT2D eigenvalue weighted by Gasteiger charge is 2.03. The average Bonchev–Trinajstić information content (AvgIpc) is 2.45. The number of nitroso groups, excluding NO2 is 1. The van der Waals surface area contributed by atoms with E-state index in [1.807, 2.05) is 0 Å². The Hall–Kier alpha value is -2.95. The predicted molar refractivity (Wildman–Crippen MR) is 80.2 cm³/mol. The number of carbonyl (C=O) groups excluding carboxylic acids is 1. The molecule has 2 aromatic carbocycles. The Morgan fingerprint density at radius 1 is 1.10 bits per heavy atom. The van der Waals surface area contributed by atoms with Gasteiger partial charge in [0, 0.05) is 13.0 Å². The van der Waals surface area contributed by atoms with Gasteiger partial charge in [-0.2, -0.15) is 0 Å². The van der Waals surface area contributed by atoms with Crippen molar-refractivity contribution in [1.29, 1.82) is 0 Å². The van der Waals surface area contributed by atoms with Crippen molar-refractivity contribution in [3.63, 3.8) is 0 Å². The number of hydrogen-bond acceptors (Lipinski definition) is 5. The fraction of sp³-hybridized carbons (Fsp3) is 0.0625. The standard InChI is InChI=1S/C16H13NO4/c1-11(18)21-16-9-13(8-14(10-16)17-20)3-2-12-4-6-15(19)7-5-12/h2-10,19H,1H3/b3-2+. The van der Waals surface area contributed by atoms with Crippen LogP contribution in [0.3, 0.4) is 0 Å². The zero-order valence-electron chi connectivity index (χ0n) is 11.3. The first-order chi connectivity index (χ1) is 10.1. The van der Waals surface area contributed by atoms with Crippen LogP contribution in [0.4, 0.5) is 5.69 Å². The van der Waals surface area contributed by atoms with Gasteiger partial charge in [-0.1, -0.05) is 24.3 Å². The van der Waals surface area contributed by atoms with Crippen molar-refractivity contribution in [2.45, 2.75) is 6.92 Å². The highest BCUT2D eigenvalue weighted by molar-refractivity contribution is 5.74. The van der Waals surface area contributed by atoms with Crippen LogP contribution in [-0.4, -0.2) is 11.1 Å². The summed E-state index contributed by atoms with van der Waals surface area (Å²) in [5.74, 6) is -0.00656. The molecule has 0 bridgehead atoms. The molecule has 0 saturated carbocycles. The monoisotopic (exact) mass is 283 g/mol. The highest BCUT2D eigenvalue weighted by Crippen LogP contribution is 2.25. The third-order valence-corrected chi connectivity index (χ3v) is 2.64. The molecule has 0 aliphatic carbocycles. The van der Waals surface area contributed by atoms with E-state index in [0.29, 0.717) is 5.56 Å². The van der Waals surface area contributed by atoms with Gasteiger partial charge in [-0.05, 0) is 40.6 Å². The molecule has 2 aromatic rings. The van der Waals surface area contributed by atoms with Crippen molar-refractivity contribution in [3.8, 4) is 11.5 Å². The normalized spacial score (nSPS) is 10.5. The summed E-state index contributed by atoms with van der Waals surface area (Å²) in [5.41, 5.74) is 1.74. The molecular formula is C16H13NO4. The van der Waals surface area contributed by atoms with Gasteiger partial charge in [-0.15, -0.1) is 4.91 Å². The van der Waals surface area contributed by atoms with Gasteiger partial charge in [0.05, 0.1) is 0 Å². The Labute approximate surface area is 121 Å². The van der Waals surface area contributed by atoms with Gasteiger partial charge < -0.3 is 9.84 Å². The molecule has 1 N–H and O–H groups in total. The fourth-order valence-corrected chi connectivity index (χ4v) is 1.76. The fourth-order valence-electron chi connectivity index (χ4n) is 1.76. The Bertz CT molecular complexity index is 690. The molecule has 2 rings (SSSR count). The van der Waals surface area contributed by atoms with E-state index in [1.54, 1.807) is 48.6 Å². The van der Waals surface area contributed by atoms with Crippen LogP contribution in [-0.2, 0) is 4.79 Å². The van der Waals surface area contributed by atoms with Crippen molar-refractivity contribution in [3.05, 3.63) is 58.5 Å². The molecule has 106 valence electrons. The Balaban J connectivity index is 2.27.